The van der Waals surface area contributed by atoms with Crippen molar-refractivity contribution in [3.8, 4) is 0 Å². The Kier molecular flexibility index (Phi) is 3.68. The van der Waals surface area contributed by atoms with Crippen LogP contribution in [0.4, 0.5) is 8.78 Å². The highest BCUT2D eigenvalue weighted by Crippen LogP contribution is 2.21. The van der Waals surface area contributed by atoms with E-state index in [1.54, 1.807) is 30.3 Å². The molecule has 2 rings (SSSR count). The Morgan fingerprint density at radius 3 is 2.59 bits per heavy atom. The van der Waals surface area contributed by atoms with Crippen LogP contribution < -0.4 is 5.32 Å². The van der Waals surface area contributed by atoms with Gasteiger partial charge in [-0.2, -0.15) is 0 Å². The number of amides is 1. The van der Waals surface area contributed by atoms with Crippen LogP contribution >= 0.6 is 0 Å². The van der Waals surface area contributed by atoms with E-state index in [9.17, 15) is 13.6 Å². The zero-order valence-corrected chi connectivity index (χ0v) is 9.11. The summed E-state index contributed by atoms with van der Waals surface area (Å²) in [5.74, 6) is -0.320. The largest absolute Gasteiger partial charge is 0.363 e. The molecule has 2 unspecified atom stereocenters. The lowest BCUT2D eigenvalue weighted by molar-refractivity contribution is -0.123. The molecule has 0 spiro atoms. The van der Waals surface area contributed by atoms with Crippen molar-refractivity contribution < 1.29 is 18.3 Å². The van der Waals surface area contributed by atoms with Crippen LogP contribution in [0.25, 0.3) is 0 Å². The monoisotopic (exact) mass is 241 g/mol. The average molecular weight is 241 g/mol. The summed E-state index contributed by atoms with van der Waals surface area (Å²) >= 11 is 0. The Balaban J connectivity index is 2.04. The fourth-order valence-electron chi connectivity index (χ4n) is 1.61. The molecule has 1 amide bonds. The molecule has 2 atom stereocenters. The number of carbonyl (C=O) groups is 1. The van der Waals surface area contributed by atoms with Crippen LogP contribution in [0.15, 0.2) is 30.3 Å². The van der Waals surface area contributed by atoms with E-state index >= 15 is 0 Å². The molecule has 1 fully saturated rings. The molecule has 92 valence electrons. The van der Waals surface area contributed by atoms with Gasteiger partial charge in [0.1, 0.15) is 0 Å². The lowest BCUT2D eigenvalue weighted by Gasteiger charge is -2.18. The highest BCUT2D eigenvalue weighted by Gasteiger charge is 2.33. The molecule has 0 aliphatic carbocycles. The van der Waals surface area contributed by atoms with Crippen molar-refractivity contribution in [3.05, 3.63) is 35.9 Å². The van der Waals surface area contributed by atoms with E-state index in [2.05, 4.69) is 5.32 Å². The van der Waals surface area contributed by atoms with E-state index in [1.165, 1.54) is 0 Å². The third kappa shape index (κ3) is 3.49. The standard InChI is InChI=1S/C12H13F2NO2/c13-11(14)6-9(8-4-2-1-3-5-8)15-12(16)10-7-17-10/h1-5,9-11H,6-7H2,(H,15,16). The van der Waals surface area contributed by atoms with Crippen LogP contribution in [0.2, 0.25) is 0 Å². The predicted octanol–water partition coefficient (Wildman–Crippen LogP) is 1.90. The topological polar surface area (TPSA) is 41.6 Å². The Labute approximate surface area is 97.8 Å². The van der Waals surface area contributed by atoms with Crippen molar-refractivity contribution >= 4 is 5.91 Å². The number of halogens is 2. The molecular weight excluding hydrogens is 228 g/mol. The molecule has 0 radical (unpaired) electrons. The minimum Gasteiger partial charge on any atom is -0.363 e. The summed E-state index contributed by atoms with van der Waals surface area (Å²) in [5, 5.41) is 2.58. The number of alkyl halides is 2. The number of epoxide rings is 1. The lowest BCUT2D eigenvalue weighted by Crippen LogP contribution is -2.33. The first-order valence-corrected chi connectivity index (χ1v) is 5.42. The summed E-state index contributed by atoms with van der Waals surface area (Å²) in [6.45, 7) is 0.377. The summed E-state index contributed by atoms with van der Waals surface area (Å²) in [4.78, 5) is 11.5. The maximum absolute atomic E-state index is 12.5. The molecule has 5 heteroatoms. The van der Waals surface area contributed by atoms with Crippen molar-refractivity contribution in [2.24, 2.45) is 0 Å². The van der Waals surface area contributed by atoms with Gasteiger partial charge in [-0.1, -0.05) is 30.3 Å². The highest BCUT2D eigenvalue weighted by atomic mass is 19.3. The van der Waals surface area contributed by atoms with E-state index in [1.807, 2.05) is 0 Å². The van der Waals surface area contributed by atoms with Gasteiger partial charge in [0.15, 0.2) is 6.10 Å². The maximum Gasteiger partial charge on any atom is 0.252 e. The van der Waals surface area contributed by atoms with Crippen molar-refractivity contribution in [3.63, 3.8) is 0 Å². The van der Waals surface area contributed by atoms with Gasteiger partial charge in [-0.05, 0) is 5.56 Å². The molecule has 1 heterocycles. The van der Waals surface area contributed by atoms with Gasteiger partial charge in [-0.15, -0.1) is 0 Å². The molecule has 1 N–H and O–H groups in total. The Morgan fingerprint density at radius 1 is 1.41 bits per heavy atom. The Morgan fingerprint density at radius 2 is 2.06 bits per heavy atom. The van der Waals surface area contributed by atoms with Gasteiger partial charge in [0, 0.05) is 6.42 Å². The zero-order chi connectivity index (χ0) is 12.3. The van der Waals surface area contributed by atoms with Gasteiger partial charge in [0.2, 0.25) is 6.43 Å². The average Bonchev–Trinajstić information content (AvgIpc) is 3.12. The quantitative estimate of drug-likeness (QED) is 0.800. The maximum atomic E-state index is 12.5. The number of benzene rings is 1. The van der Waals surface area contributed by atoms with Crippen LogP contribution in [-0.2, 0) is 9.53 Å². The number of carbonyl (C=O) groups excluding carboxylic acids is 1. The molecule has 0 saturated carbocycles. The molecule has 1 aromatic rings. The molecule has 1 aliphatic heterocycles. The van der Waals surface area contributed by atoms with Gasteiger partial charge >= 0.3 is 0 Å². The number of rotatable bonds is 5. The van der Waals surface area contributed by atoms with Crippen molar-refractivity contribution in [1.29, 1.82) is 0 Å². The van der Waals surface area contributed by atoms with E-state index in [-0.39, 0.29) is 12.3 Å². The van der Waals surface area contributed by atoms with Crippen LogP contribution in [-0.4, -0.2) is 25.0 Å². The van der Waals surface area contributed by atoms with E-state index in [0.717, 1.165) is 0 Å². The second-order valence-electron chi connectivity index (χ2n) is 3.92. The first-order valence-electron chi connectivity index (χ1n) is 5.42. The van der Waals surface area contributed by atoms with E-state index in [0.29, 0.717) is 12.2 Å². The summed E-state index contributed by atoms with van der Waals surface area (Å²) < 4.78 is 29.7. The fraction of sp³-hybridized carbons (Fsp3) is 0.417. The van der Waals surface area contributed by atoms with Crippen LogP contribution in [0, 0.1) is 0 Å². The SMILES string of the molecule is O=C(NC(CC(F)F)c1ccccc1)C1CO1. The zero-order valence-electron chi connectivity index (χ0n) is 9.11. The van der Waals surface area contributed by atoms with Crippen LogP contribution in [0.1, 0.15) is 18.0 Å². The van der Waals surface area contributed by atoms with Gasteiger partial charge in [-0.3, -0.25) is 4.79 Å². The first-order chi connectivity index (χ1) is 8.16. The van der Waals surface area contributed by atoms with Crippen molar-refractivity contribution in [2.75, 3.05) is 6.61 Å². The van der Waals surface area contributed by atoms with Gasteiger partial charge < -0.3 is 10.1 Å². The fourth-order valence-corrected chi connectivity index (χ4v) is 1.61. The third-order valence-corrected chi connectivity index (χ3v) is 2.56. The minimum absolute atomic E-state index is 0.320. The highest BCUT2D eigenvalue weighted by molar-refractivity contribution is 5.83. The molecule has 1 aromatic carbocycles. The second-order valence-corrected chi connectivity index (χ2v) is 3.92. The molecule has 1 saturated heterocycles. The molecule has 3 nitrogen and oxygen atoms in total. The molecular formula is C12H13F2NO2. The summed E-state index contributed by atoms with van der Waals surface area (Å²) in [6.07, 6.45) is -3.30. The molecule has 0 aromatic heterocycles. The number of nitrogens with one attached hydrogen (secondary N) is 1. The van der Waals surface area contributed by atoms with Crippen LogP contribution in [0.5, 0.6) is 0 Å². The minimum atomic E-state index is -2.46. The van der Waals surface area contributed by atoms with E-state index < -0.39 is 18.6 Å². The third-order valence-electron chi connectivity index (χ3n) is 2.56. The van der Waals surface area contributed by atoms with Crippen LogP contribution in [0.3, 0.4) is 0 Å². The summed E-state index contributed by atoms with van der Waals surface area (Å²) in [6, 6.07) is 8.10. The molecule has 0 bridgehead atoms. The number of hydrogen-bond donors (Lipinski definition) is 1. The van der Waals surface area contributed by atoms with Gasteiger partial charge in [0.25, 0.3) is 5.91 Å². The predicted molar refractivity (Wildman–Crippen MR) is 57.7 cm³/mol. The first kappa shape index (κ1) is 12.0. The smallest absolute Gasteiger partial charge is 0.252 e. The van der Waals surface area contributed by atoms with Gasteiger partial charge in [-0.25, -0.2) is 8.78 Å². The normalized spacial score (nSPS) is 20.1. The Hall–Kier alpha value is -1.49. The van der Waals surface area contributed by atoms with Crippen molar-refractivity contribution in [2.45, 2.75) is 25.0 Å². The molecule has 1 aliphatic rings. The second kappa shape index (κ2) is 5.23. The summed E-state index contributed by atoms with van der Waals surface area (Å²) in [7, 11) is 0. The Bertz CT molecular complexity index is 379. The lowest BCUT2D eigenvalue weighted by atomic mass is 10.0. The molecule has 17 heavy (non-hydrogen) atoms. The summed E-state index contributed by atoms with van der Waals surface area (Å²) in [5.41, 5.74) is 0.682. The van der Waals surface area contributed by atoms with Gasteiger partial charge in [0.05, 0.1) is 12.6 Å². The van der Waals surface area contributed by atoms with E-state index in [4.69, 9.17) is 4.74 Å². The number of hydrogen-bond acceptors (Lipinski definition) is 2. The number of ether oxygens (including phenoxy) is 1. The van der Waals surface area contributed by atoms with Crippen molar-refractivity contribution in [1.82, 2.24) is 5.32 Å².